The van der Waals surface area contributed by atoms with Crippen LogP contribution in [0.5, 0.6) is 5.88 Å². The second kappa shape index (κ2) is 9.82. The van der Waals surface area contributed by atoms with Gasteiger partial charge in [0, 0.05) is 22.9 Å². The van der Waals surface area contributed by atoms with Gasteiger partial charge >= 0.3 is 0 Å². The summed E-state index contributed by atoms with van der Waals surface area (Å²) in [7, 11) is 0. The van der Waals surface area contributed by atoms with Crippen molar-refractivity contribution >= 4 is 17.4 Å². The van der Waals surface area contributed by atoms with Crippen LogP contribution in [0, 0.1) is 11.8 Å². The molecular formula is C24H32N4OS. The highest BCUT2D eigenvalue weighted by Gasteiger charge is 2.34. The molecule has 2 aliphatic rings. The zero-order valence-corrected chi connectivity index (χ0v) is 19.0. The molecule has 1 aromatic carbocycles. The summed E-state index contributed by atoms with van der Waals surface area (Å²) in [4.78, 5) is 4.79. The standard InChI is InChI=1S/C24H32N4OS/c1-4-5-6-9-14-30-24-26-23-21(27-28-24)19-10-7-8-11-20(19)25-22(29-23)18-13-12-16(2)15-17(18)3/h7-8,10-12,17-18,22,25H,4-6,9,13-15H2,1-3H3/t17-,18+,22-/m0/s1. The van der Waals surface area contributed by atoms with Crippen molar-refractivity contribution in [1.82, 2.24) is 15.2 Å². The van der Waals surface area contributed by atoms with E-state index < -0.39 is 0 Å². The molecular weight excluding hydrogens is 392 g/mol. The number of hydrogen-bond donors (Lipinski definition) is 1. The highest BCUT2D eigenvalue weighted by molar-refractivity contribution is 7.99. The number of rotatable bonds is 7. The van der Waals surface area contributed by atoms with Crippen LogP contribution in [0.15, 0.2) is 41.1 Å². The Morgan fingerprint density at radius 2 is 2.03 bits per heavy atom. The first-order valence-electron chi connectivity index (χ1n) is 11.2. The highest BCUT2D eigenvalue weighted by Crippen LogP contribution is 2.40. The van der Waals surface area contributed by atoms with E-state index >= 15 is 0 Å². The fourth-order valence-corrected chi connectivity index (χ4v) is 5.13. The molecule has 0 saturated carbocycles. The lowest BCUT2D eigenvalue weighted by Crippen LogP contribution is -2.39. The number of unbranched alkanes of at least 4 members (excludes halogenated alkanes) is 3. The van der Waals surface area contributed by atoms with Crippen molar-refractivity contribution in [1.29, 1.82) is 0 Å². The smallest absolute Gasteiger partial charge is 0.247 e. The van der Waals surface area contributed by atoms with E-state index in [4.69, 9.17) is 9.72 Å². The molecule has 4 rings (SSSR count). The van der Waals surface area contributed by atoms with Crippen molar-refractivity contribution in [3.8, 4) is 17.1 Å². The third kappa shape index (κ3) is 4.80. The Bertz CT molecular complexity index is 901. The zero-order chi connectivity index (χ0) is 20.9. The van der Waals surface area contributed by atoms with Gasteiger partial charge in [-0.15, -0.1) is 10.2 Å². The van der Waals surface area contributed by atoms with Crippen LogP contribution in [0.25, 0.3) is 11.3 Å². The average Bonchev–Trinajstić information content (AvgIpc) is 2.90. The Hall–Kier alpha value is -2.08. The molecule has 5 nitrogen and oxygen atoms in total. The van der Waals surface area contributed by atoms with Gasteiger partial charge in [0.1, 0.15) is 0 Å². The number of thioether (sulfide) groups is 1. The van der Waals surface area contributed by atoms with Gasteiger partial charge in [-0.1, -0.05) is 74.7 Å². The number of para-hydroxylation sites is 1. The Kier molecular flexibility index (Phi) is 6.93. The molecule has 0 fully saturated rings. The third-order valence-corrected chi connectivity index (χ3v) is 7.01. The lowest BCUT2D eigenvalue weighted by molar-refractivity contribution is 0.114. The van der Waals surface area contributed by atoms with Gasteiger partial charge in [0.15, 0.2) is 11.9 Å². The van der Waals surface area contributed by atoms with Gasteiger partial charge in [-0.3, -0.25) is 0 Å². The minimum Gasteiger partial charge on any atom is -0.452 e. The molecule has 6 heteroatoms. The fraction of sp³-hybridized carbons (Fsp3) is 0.542. The molecule has 3 atom stereocenters. The number of allylic oxidation sites excluding steroid dienone is 2. The van der Waals surface area contributed by atoms with Gasteiger partial charge in [0.2, 0.25) is 11.0 Å². The molecule has 0 radical (unpaired) electrons. The molecule has 2 heterocycles. The first-order chi connectivity index (χ1) is 14.7. The van der Waals surface area contributed by atoms with Crippen molar-refractivity contribution in [2.24, 2.45) is 11.8 Å². The molecule has 1 aliphatic heterocycles. The van der Waals surface area contributed by atoms with E-state index in [9.17, 15) is 0 Å². The predicted molar refractivity (Wildman–Crippen MR) is 124 cm³/mol. The summed E-state index contributed by atoms with van der Waals surface area (Å²) in [6.45, 7) is 6.77. The van der Waals surface area contributed by atoms with Crippen LogP contribution in [0.2, 0.25) is 0 Å². The van der Waals surface area contributed by atoms with Gasteiger partial charge in [-0.2, -0.15) is 4.98 Å². The van der Waals surface area contributed by atoms with Gasteiger partial charge in [-0.05, 0) is 38.2 Å². The lowest BCUT2D eigenvalue weighted by Gasteiger charge is -2.34. The van der Waals surface area contributed by atoms with Gasteiger partial charge in [0.25, 0.3) is 0 Å². The van der Waals surface area contributed by atoms with Gasteiger partial charge in [-0.25, -0.2) is 0 Å². The first kappa shape index (κ1) is 21.2. The molecule has 0 spiro atoms. The molecule has 30 heavy (non-hydrogen) atoms. The maximum atomic E-state index is 6.50. The van der Waals surface area contributed by atoms with Crippen LogP contribution in [0.1, 0.15) is 59.3 Å². The molecule has 160 valence electrons. The summed E-state index contributed by atoms with van der Waals surface area (Å²) in [6.07, 6.45) is 9.31. The van der Waals surface area contributed by atoms with Crippen molar-refractivity contribution in [3.05, 3.63) is 35.9 Å². The zero-order valence-electron chi connectivity index (χ0n) is 18.2. The molecule has 1 aliphatic carbocycles. The van der Waals surface area contributed by atoms with Crippen LogP contribution < -0.4 is 10.1 Å². The quantitative estimate of drug-likeness (QED) is 0.318. The van der Waals surface area contributed by atoms with E-state index in [-0.39, 0.29) is 6.23 Å². The Morgan fingerprint density at radius 1 is 1.17 bits per heavy atom. The van der Waals surface area contributed by atoms with Crippen molar-refractivity contribution in [2.75, 3.05) is 11.1 Å². The number of aromatic nitrogens is 3. The van der Waals surface area contributed by atoms with Crippen LogP contribution >= 0.6 is 11.8 Å². The number of anilines is 1. The molecule has 2 aromatic rings. The first-order valence-corrected chi connectivity index (χ1v) is 12.2. The van der Waals surface area contributed by atoms with Crippen molar-refractivity contribution in [3.63, 3.8) is 0 Å². The summed E-state index contributed by atoms with van der Waals surface area (Å²) in [5.41, 5.74) is 4.24. The van der Waals surface area contributed by atoms with Crippen LogP contribution in [0.3, 0.4) is 0 Å². The SMILES string of the molecule is CCCCCCSc1nnc2c(n1)O[C@@H]([C@@H]1CC=C(C)C[C@@H]1C)Nc1ccccc1-2. The topological polar surface area (TPSA) is 59.9 Å². The Labute approximate surface area is 184 Å². The summed E-state index contributed by atoms with van der Waals surface area (Å²) in [6, 6.07) is 8.23. The van der Waals surface area contributed by atoms with Crippen LogP contribution in [-0.4, -0.2) is 27.2 Å². The van der Waals surface area contributed by atoms with E-state index in [1.54, 1.807) is 11.8 Å². The lowest BCUT2D eigenvalue weighted by atomic mass is 9.80. The van der Waals surface area contributed by atoms with E-state index in [1.165, 1.54) is 31.3 Å². The van der Waals surface area contributed by atoms with Gasteiger partial charge < -0.3 is 10.1 Å². The largest absolute Gasteiger partial charge is 0.452 e. The third-order valence-electron chi connectivity index (χ3n) is 6.09. The fourth-order valence-electron chi connectivity index (χ4n) is 4.35. The van der Waals surface area contributed by atoms with Crippen LogP contribution in [-0.2, 0) is 0 Å². The minimum atomic E-state index is -0.133. The summed E-state index contributed by atoms with van der Waals surface area (Å²) >= 11 is 1.67. The number of nitrogens with one attached hydrogen (secondary N) is 1. The second-order valence-corrected chi connectivity index (χ2v) is 9.58. The number of hydrogen-bond acceptors (Lipinski definition) is 6. The number of benzene rings is 1. The molecule has 1 N–H and O–H groups in total. The predicted octanol–water partition coefficient (Wildman–Crippen LogP) is 6.33. The number of fused-ring (bicyclic) bond motifs is 3. The maximum Gasteiger partial charge on any atom is 0.247 e. The summed E-state index contributed by atoms with van der Waals surface area (Å²) < 4.78 is 6.50. The molecule has 0 amide bonds. The van der Waals surface area contributed by atoms with Crippen molar-refractivity contribution < 1.29 is 4.74 Å². The highest BCUT2D eigenvalue weighted by atomic mass is 32.2. The van der Waals surface area contributed by atoms with Crippen molar-refractivity contribution in [2.45, 2.75) is 70.7 Å². The minimum absolute atomic E-state index is 0.133. The van der Waals surface area contributed by atoms with E-state index in [1.807, 2.05) is 12.1 Å². The van der Waals surface area contributed by atoms with Crippen LogP contribution in [0.4, 0.5) is 5.69 Å². The molecule has 0 unspecified atom stereocenters. The second-order valence-electron chi connectivity index (χ2n) is 8.52. The average molecular weight is 425 g/mol. The molecule has 1 aromatic heterocycles. The summed E-state index contributed by atoms with van der Waals surface area (Å²) in [5, 5.41) is 13.3. The van der Waals surface area contributed by atoms with E-state index in [0.29, 0.717) is 22.9 Å². The molecule has 0 bridgehead atoms. The Morgan fingerprint density at radius 3 is 2.87 bits per heavy atom. The van der Waals surface area contributed by atoms with E-state index in [0.717, 1.165) is 35.5 Å². The maximum absolute atomic E-state index is 6.50. The van der Waals surface area contributed by atoms with E-state index in [2.05, 4.69) is 54.5 Å². The Balaban J connectivity index is 1.59. The monoisotopic (exact) mass is 424 g/mol. The summed E-state index contributed by atoms with van der Waals surface area (Å²) in [5.74, 6) is 2.54. The van der Waals surface area contributed by atoms with Gasteiger partial charge in [0.05, 0.1) is 0 Å². The number of nitrogens with zero attached hydrogens (tertiary/aromatic N) is 3. The number of ether oxygens (including phenoxy) is 1. The molecule has 0 saturated heterocycles. The normalized spacial score (nSPS) is 22.8.